The Hall–Kier alpha value is -1.89. The van der Waals surface area contributed by atoms with Gasteiger partial charge in [-0.15, -0.1) is 0 Å². The summed E-state index contributed by atoms with van der Waals surface area (Å²) in [7, 11) is -3.62. The number of amides is 1. The van der Waals surface area contributed by atoms with E-state index >= 15 is 0 Å². The van der Waals surface area contributed by atoms with Gasteiger partial charge in [0.2, 0.25) is 15.9 Å². The molecular formula is C19H21ClN2O3S. The van der Waals surface area contributed by atoms with Gasteiger partial charge in [0.15, 0.2) is 0 Å². The topological polar surface area (TPSA) is 75.3 Å². The Morgan fingerprint density at radius 3 is 2.42 bits per heavy atom. The second-order valence-corrected chi connectivity index (χ2v) is 8.54. The normalized spacial score (nSPS) is 13.9. The van der Waals surface area contributed by atoms with Crippen LogP contribution in [0.25, 0.3) is 0 Å². The largest absolute Gasteiger partial charge is 0.326 e. The van der Waals surface area contributed by atoms with E-state index in [0.717, 1.165) is 31.2 Å². The Bertz CT molecular complexity index is 896. The van der Waals surface area contributed by atoms with Crippen LogP contribution in [0.4, 0.5) is 5.69 Å². The molecule has 7 heteroatoms. The number of rotatable bonds is 6. The second kappa shape index (κ2) is 8.20. The lowest BCUT2D eigenvalue weighted by Gasteiger charge is -2.16. The van der Waals surface area contributed by atoms with Gasteiger partial charge in [0.25, 0.3) is 0 Å². The third kappa shape index (κ3) is 4.84. The van der Waals surface area contributed by atoms with E-state index in [0.29, 0.717) is 10.7 Å². The first-order chi connectivity index (χ1) is 12.4. The number of benzene rings is 2. The fourth-order valence-corrected chi connectivity index (χ4v) is 4.22. The molecule has 0 heterocycles. The van der Waals surface area contributed by atoms with E-state index in [9.17, 15) is 13.2 Å². The van der Waals surface area contributed by atoms with E-state index in [1.165, 1.54) is 5.56 Å². The van der Waals surface area contributed by atoms with Crippen molar-refractivity contribution >= 4 is 33.2 Å². The fraction of sp³-hybridized carbons (Fsp3) is 0.316. The van der Waals surface area contributed by atoms with Crippen LogP contribution in [0.15, 0.2) is 47.4 Å². The lowest BCUT2D eigenvalue weighted by atomic mass is 9.92. The monoisotopic (exact) mass is 392 g/mol. The number of sulfonamides is 1. The van der Waals surface area contributed by atoms with Crippen molar-refractivity contribution in [1.29, 1.82) is 0 Å². The highest BCUT2D eigenvalue weighted by Crippen LogP contribution is 2.24. The second-order valence-electron chi connectivity index (χ2n) is 6.34. The van der Waals surface area contributed by atoms with Gasteiger partial charge in [-0.2, -0.15) is 0 Å². The highest BCUT2D eigenvalue weighted by Gasteiger charge is 2.17. The number of carbonyl (C=O) groups is 1. The number of halogens is 1. The number of anilines is 1. The number of nitrogens with one attached hydrogen (secondary N) is 2. The maximum absolute atomic E-state index is 12.4. The average molecular weight is 393 g/mol. The SMILES string of the molecule is O=C(CCNS(=O)(=O)c1ccc2c(c1)CCCC2)Nc1ccc(Cl)cc1. The molecule has 0 fully saturated rings. The summed E-state index contributed by atoms with van der Waals surface area (Å²) >= 11 is 5.80. The third-order valence-electron chi connectivity index (χ3n) is 4.40. The molecule has 2 N–H and O–H groups in total. The van der Waals surface area contributed by atoms with Crippen molar-refractivity contribution in [2.75, 3.05) is 11.9 Å². The molecule has 0 unspecified atom stereocenters. The van der Waals surface area contributed by atoms with Crippen LogP contribution in [0.3, 0.4) is 0 Å². The predicted molar refractivity (Wildman–Crippen MR) is 103 cm³/mol. The molecule has 0 atom stereocenters. The zero-order valence-corrected chi connectivity index (χ0v) is 15.9. The molecule has 138 valence electrons. The summed E-state index contributed by atoms with van der Waals surface area (Å²) in [6.45, 7) is 0.0405. The first kappa shape index (κ1) is 18.9. The third-order valence-corrected chi connectivity index (χ3v) is 6.11. The Balaban J connectivity index is 1.55. The van der Waals surface area contributed by atoms with Crippen LogP contribution in [0.2, 0.25) is 5.02 Å². The van der Waals surface area contributed by atoms with Crippen molar-refractivity contribution in [2.45, 2.75) is 37.0 Å². The van der Waals surface area contributed by atoms with Crippen LogP contribution in [0.5, 0.6) is 0 Å². The van der Waals surface area contributed by atoms with Gasteiger partial charge in [-0.05, 0) is 73.2 Å². The molecule has 0 bridgehead atoms. The highest BCUT2D eigenvalue weighted by atomic mass is 35.5. The first-order valence-electron chi connectivity index (χ1n) is 8.61. The highest BCUT2D eigenvalue weighted by molar-refractivity contribution is 7.89. The van der Waals surface area contributed by atoms with Gasteiger partial charge in [-0.3, -0.25) is 4.79 Å². The molecule has 0 aromatic heterocycles. The van der Waals surface area contributed by atoms with Gasteiger partial charge in [0, 0.05) is 23.7 Å². The van der Waals surface area contributed by atoms with Crippen molar-refractivity contribution in [3.63, 3.8) is 0 Å². The van der Waals surface area contributed by atoms with Crippen molar-refractivity contribution < 1.29 is 13.2 Å². The number of fused-ring (bicyclic) bond motifs is 1. The molecule has 1 amide bonds. The summed E-state index contributed by atoms with van der Waals surface area (Å²) in [6, 6.07) is 12.0. The molecule has 0 saturated heterocycles. The van der Waals surface area contributed by atoms with Crippen molar-refractivity contribution in [1.82, 2.24) is 4.72 Å². The molecule has 0 aliphatic heterocycles. The lowest BCUT2D eigenvalue weighted by molar-refractivity contribution is -0.116. The number of hydrogen-bond donors (Lipinski definition) is 2. The minimum Gasteiger partial charge on any atom is -0.326 e. The van der Waals surface area contributed by atoms with Crippen LogP contribution in [-0.4, -0.2) is 20.9 Å². The van der Waals surface area contributed by atoms with Crippen LogP contribution in [0.1, 0.15) is 30.4 Å². The number of carbonyl (C=O) groups excluding carboxylic acids is 1. The average Bonchev–Trinajstić information content (AvgIpc) is 2.63. The maximum atomic E-state index is 12.4. The molecule has 2 aromatic carbocycles. The summed E-state index contributed by atoms with van der Waals surface area (Å²) in [5, 5.41) is 3.29. The van der Waals surface area contributed by atoms with E-state index in [4.69, 9.17) is 11.6 Å². The molecule has 3 rings (SSSR count). The molecule has 26 heavy (non-hydrogen) atoms. The molecule has 0 saturated carbocycles. The Morgan fingerprint density at radius 1 is 1.00 bits per heavy atom. The predicted octanol–water partition coefficient (Wildman–Crippen LogP) is 3.53. The molecule has 5 nitrogen and oxygen atoms in total. The smallest absolute Gasteiger partial charge is 0.240 e. The zero-order valence-electron chi connectivity index (χ0n) is 14.3. The Kier molecular flexibility index (Phi) is 5.96. The summed E-state index contributed by atoms with van der Waals surface area (Å²) in [4.78, 5) is 12.2. The van der Waals surface area contributed by atoms with Gasteiger partial charge in [0.1, 0.15) is 0 Å². The summed E-state index contributed by atoms with van der Waals surface area (Å²) in [6.07, 6.45) is 4.22. The van der Waals surface area contributed by atoms with E-state index in [2.05, 4.69) is 10.0 Å². The van der Waals surface area contributed by atoms with Crippen LogP contribution in [-0.2, 0) is 27.7 Å². The van der Waals surface area contributed by atoms with Crippen molar-refractivity contribution in [2.24, 2.45) is 0 Å². The van der Waals surface area contributed by atoms with Gasteiger partial charge in [-0.25, -0.2) is 13.1 Å². The fourth-order valence-electron chi connectivity index (χ4n) is 3.02. The van der Waals surface area contributed by atoms with Gasteiger partial charge in [-0.1, -0.05) is 17.7 Å². The molecule has 2 aromatic rings. The number of hydrogen-bond acceptors (Lipinski definition) is 3. The molecule has 0 radical (unpaired) electrons. The van der Waals surface area contributed by atoms with Crippen molar-refractivity contribution in [3.05, 3.63) is 58.6 Å². The van der Waals surface area contributed by atoms with E-state index in [1.54, 1.807) is 36.4 Å². The van der Waals surface area contributed by atoms with Gasteiger partial charge >= 0.3 is 0 Å². The van der Waals surface area contributed by atoms with Crippen LogP contribution >= 0.6 is 11.6 Å². The molecule has 1 aliphatic carbocycles. The minimum atomic E-state index is -3.62. The zero-order chi connectivity index (χ0) is 18.6. The first-order valence-corrected chi connectivity index (χ1v) is 10.5. The Labute approximate surface area is 158 Å². The molecule has 1 aliphatic rings. The molecule has 0 spiro atoms. The van der Waals surface area contributed by atoms with Crippen LogP contribution < -0.4 is 10.0 Å². The van der Waals surface area contributed by atoms with E-state index < -0.39 is 10.0 Å². The Morgan fingerprint density at radius 2 is 1.69 bits per heavy atom. The quantitative estimate of drug-likeness (QED) is 0.789. The van der Waals surface area contributed by atoms with Crippen LogP contribution in [0, 0.1) is 0 Å². The number of aryl methyl sites for hydroxylation is 2. The lowest BCUT2D eigenvalue weighted by Crippen LogP contribution is -2.28. The van der Waals surface area contributed by atoms with E-state index in [-0.39, 0.29) is 23.8 Å². The molecular weight excluding hydrogens is 372 g/mol. The van der Waals surface area contributed by atoms with Crippen molar-refractivity contribution in [3.8, 4) is 0 Å². The summed E-state index contributed by atoms with van der Waals surface area (Å²) in [5.41, 5.74) is 2.97. The van der Waals surface area contributed by atoms with Gasteiger partial charge < -0.3 is 5.32 Å². The maximum Gasteiger partial charge on any atom is 0.240 e. The summed E-state index contributed by atoms with van der Waals surface area (Å²) < 4.78 is 27.4. The van der Waals surface area contributed by atoms with E-state index in [1.807, 2.05) is 6.07 Å². The summed E-state index contributed by atoms with van der Waals surface area (Å²) in [5.74, 6) is -0.263. The standard InChI is InChI=1S/C19H21ClN2O3S/c20-16-6-8-17(9-7-16)22-19(23)11-12-21-26(24,25)18-10-5-14-3-1-2-4-15(14)13-18/h5-10,13,21H,1-4,11-12H2,(H,22,23). The minimum absolute atomic E-state index is 0.0405. The van der Waals surface area contributed by atoms with Gasteiger partial charge in [0.05, 0.1) is 4.90 Å².